The van der Waals surface area contributed by atoms with Crippen molar-refractivity contribution in [1.29, 1.82) is 0 Å². The molecule has 1 N–H and O–H groups in total. The van der Waals surface area contributed by atoms with Crippen LogP contribution in [0.3, 0.4) is 0 Å². The zero-order chi connectivity index (χ0) is 10.8. The summed E-state index contributed by atoms with van der Waals surface area (Å²) in [6.45, 7) is 7.94. The molecule has 0 saturated carbocycles. The Bertz CT molecular complexity index is 250. The second kappa shape index (κ2) is 8.17. The number of nitrogens with one attached hydrogen (secondary N) is 1. The third kappa shape index (κ3) is 6.12. The largest absolute Gasteiger partial charge is 0.470 e. The maximum Gasteiger partial charge on any atom is 0.100 e. The van der Waals surface area contributed by atoms with Crippen LogP contribution in [0.15, 0.2) is 41.1 Å². The highest BCUT2D eigenvalue weighted by atomic mass is 16.3. The van der Waals surface area contributed by atoms with Gasteiger partial charge in [0.15, 0.2) is 0 Å². The van der Waals surface area contributed by atoms with Gasteiger partial charge in [0.25, 0.3) is 0 Å². The molecule has 0 aromatic carbocycles. The number of H-pyrrole nitrogens is 1. The Balaban J connectivity index is 0.000000206. The summed E-state index contributed by atoms with van der Waals surface area (Å²) in [6.07, 6.45) is 3.57. The highest BCUT2D eigenvalue weighted by Gasteiger charge is 1.76. The molecule has 2 heterocycles. The molecule has 0 aliphatic heterocycles. The number of hydrogen-bond acceptors (Lipinski definition) is 1. The monoisotopic (exact) mass is 193 g/mol. The van der Waals surface area contributed by atoms with Gasteiger partial charge in [-0.05, 0) is 38.1 Å². The molecule has 0 fully saturated rings. The highest BCUT2D eigenvalue weighted by Crippen LogP contribution is 1.93. The van der Waals surface area contributed by atoms with Gasteiger partial charge >= 0.3 is 0 Å². The van der Waals surface area contributed by atoms with E-state index in [0.29, 0.717) is 0 Å². The third-order valence-corrected chi connectivity index (χ3v) is 1.42. The van der Waals surface area contributed by atoms with Crippen molar-refractivity contribution >= 4 is 0 Å². The first kappa shape index (κ1) is 12.6. The zero-order valence-electron chi connectivity index (χ0n) is 9.37. The molecule has 2 aromatic rings. The Morgan fingerprint density at radius 3 is 1.93 bits per heavy atom. The van der Waals surface area contributed by atoms with Gasteiger partial charge in [-0.1, -0.05) is 13.8 Å². The zero-order valence-corrected chi connectivity index (χ0v) is 9.37. The van der Waals surface area contributed by atoms with Crippen molar-refractivity contribution in [3.05, 3.63) is 48.2 Å². The van der Waals surface area contributed by atoms with Gasteiger partial charge in [-0.25, -0.2) is 0 Å². The fourth-order valence-corrected chi connectivity index (χ4v) is 0.781. The van der Waals surface area contributed by atoms with Gasteiger partial charge in [0.2, 0.25) is 0 Å². The van der Waals surface area contributed by atoms with E-state index < -0.39 is 0 Å². The van der Waals surface area contributed by atoms with E-state index >= 15 is 0 Å². The Morgan fingerprint density at radius 1 is 1.07 bits per heavy atom. The third-order valence-electron chi connectivity index (χ3n) is 1.42. The summed E-state index contributed by atoms with van der Waals surface area (Å²) in [5.74, 6) is 0.968. The lowest BCUT2D eigenvalue weighted by atomic mass is 10.5. The number of rotatable bonds is 0. The van der Waals surface area contributed by atoms with Gasteiger partial charge in [0.05, 0.1) is 6.26 Å². The molecule has 2 aromatic heterocycles. The summed E-state index contributed by atoms with van der Waals surface area (Å²) < 4.78 is 4.83. The molecule has 2 heteroatoms. The predicted octanol–water partition coefficient (Wildman–Crippen LogP) is 3.94. The van der Waals surface area contributed by atoms with Crippen LogP contribution in [0.2, 0.25) is 0 Å². The van der Waals surface area contributed by atoms with Gasteiger partial charge in [-0.3, -0.25) is 0 Å². The summed E-state index contributed by atoms with van der Waals surface area (Å²) in [4.78, 5) is 3.00. The molecule has 0 radical (unpaired) electrons. The van der Waals surface area contributed by atoms with E-state index in [4.69, 9.17) is 4.42 Å². The first-order valence-electron chi connectivity index (χ1n) is 4.89. The van der Waals surface area contributed by atoms with E-state index in [-0.39, 0.29) is 0 Å². The van der Waals surface area contributed by atoms with Crippen molar-refractivity contribution in [3.63, 3.8) is 0 Å². The Morgan fingerprint density at radius 2 is 1.79 bits per heavy atom. The number of aromatic amines is 1. The number of furan rings is 1. The average Bonchev–Trinajstić information content (AvgIpc) is 2.83. The van der Waals surface area contributed by atoms with Crippen LogP contribution < -0.4 is 0 Å². The lowest BCUT2D eigenvalue weighted by molar-refractivity contribution is 0.534. The highest BCUT2D eigenvalue weighted by molar-refractivity contribution is 4.99. The Kier molecular flexibility index (Phi) is 7.33. The van der Waals surface area contributed by atoms with E-state index in [0.717, 1.165) is 5.76 Å². The van der Waals surface area contributed by atoms with Crippen LogP contribution >= 0.6 is 0 Å². The van der Waals surface area contributed by atoms with Crippen LogP contribution in [0, 0.1) is 13.8 Å². The van der Waals surface area contributed by atoms with E-state index in [1.54, 1.807) is 6.26 Å². The van der Waals surface area contributed by atoms with E-state index in [9.17, 15) is 0 Å². The van der Waals surface area contributed by atoms with Crippen LogP contribution in [0.1, 0.15) is 25.3 Å². The maximum absolute atomic E-state index is 4.83. The van der Waals surface area contributed by atoms with Crippen molar-refractivity contribution in [3.8, 4) is 0 Å². The fourth-order valence-electron chi connectivity index (χ4n) is 0.781. The van der Waals surface area contributed by atoms with Crippen LogP contribution in [0.4, 0.5) is 0 Å². The lowest BCUT2D eigenvalue weighted by Gasteiger charge is -1.70. The summed E-state index contributed by atoms with van der Waals surface area (Å²) in [7, 11) is 0. The summed E-state index contributed by atoms with van der Waals surface area (Å²) >= 11 is 0. The van der Waals surface area contributed by atoms with Crippen LogP contribution in [0.25, 0.3) is 0 Å². The smallest absolute Gasteiger partial charge is 0.100 e. The molecule has 0 unspecified atom stereocenters. The quantitative estimate of drug-likeness (QED) is 0.674. The van der Waals surface area contributed by atoms with Crippen LogP contribution in [0.5, 0.6) is 0 Å². The molecule has 2 nitrogen and oxygen atoms in total. The minimum Gasteiger partial charge on any atom is -0.470 e. The SMILES string of the molecule is CC.Cc1ccc[nH]1.Cc1ccco1. The van der Waals surface area contributed by atoms with Gasteiger partial charge in [-0.2, -0.15) is 0 Å². The minimum atomic E-state index is 0.968. The topological polar surface area (TPSA) is 28.9 Å². The van der Waals surface area contributed by atoms with Crippen molar-refractivity contribution in [1.82, 2.24) is 4.98 Å². The number of aryl methyl sites for hydroxylation is 2. The molecule has 0 spiro atoms. The molecule has 2 rings (SSSR count). The molecule has 0 aliphatic rings. The average molecular weight is 193 g/mol. The maximum atomic E-state index is 4.83. The lowest BCUT2D eigenvalue weighted by Crippen LogP contribution is -1.59. The second-order valence-corrected chi connectivity index (χ2v) is 2.58. The predicted molar refractivity (Wildman–Crippen MR) is 60.3 cm³/mol. The first-order chi connectivity index (χ1) is 6.79. The van der Waals surface area contributed by atoms with Crippen molar-refractivity contribution in [2.24, 2.45) is 0 Å². The second-order valence-electron chi connectivity index (χ2n) is 2.58. The summed E-state index contributed by atoms with van der Waals surface area (Å²) in [5.41, 5.74) is 1.22. The summed E-state index contributed by atoms with van der Waals surface area (Å²) in [5, 5.41) is 0. The summed E-state index contributed by atoms with van der Waals surface area (Å²) in [6, 6.07) is 7.80. The van der Waals surface area contributed by atoms with Gasteiger partial charge in [0.1, 0.15) is 5.76 Å². The van der Waals surface area contributed by atoms with Gasteiger partial charge < -0.3 is 9.40 Å². The van der Waals surface area contributed by atoms with Crippen molar-refractivity contribution in [2.45, 2.75) is 27.7 Å². The van der Waals surface area contributed by atoms with E-state index in [1.165, 1.54) is 5.69 Å². The minimum absolute atomic E-state index is 0.968. The van der Waals surface area contributed by atoms with Gasteiger partial charge in [0, 0.05) is 11.9 Å². The first-order valence-corrected chi connectivity index (χ1v) is 4.89. The Labute approximate surface area is 86.0 Å². The molecular weight excluding hydrogens is 174 g/mol. The van der Waals surface area contributed by atoms with E-state index in [1.807, 2.05) is 58.2 Å². The standard InChI is InChI=1S/C5H7N.C5H6O.C2H6/c2*1-5-3-2-4-6-5;1-2/h2-4,6H,1H3;2-4H,1H3;1-2H3. The van der Waals surface area contributed by atoms with E-state index in [2.05, 4.69) is 4.98 Å². The number of hydrogen-bond donors (Lipinski definition) is 1. The molecule has 0 saturated heterocycles. The fraction of sp³-hybridized carbons (Fsp3) is 0.333. The van der Waals surface area contributed by atoms with Crippen LogP contribution in [-0.4, -0.2) is 4.98 Å². The van der Waals surface area contributed by atoms with Crippen molar-refractivity contribution in [2.75, 3.05) is 0 Å². The molecule has 0 atom stereocenters. The Hall–Kier alpha value is -1.44. The van der Waals surface area contributed by atoms with Gasteiger partial charge in [-0.15, -0.1) is 0 Å². The molecule has 0 aliphatic carbocycles. The molecule has 0 bridgehead atoms. The molecule has 0 amide bonds. The normalized spacial score (nSPS) is 8.00. The van der Waals surface area contributed by atoms with Crippen molar-refractivity contribution < 1.29 is 4.42 Å². The molecular formula is C12H19NO. The molecule has 14 heavy (non-hydrogen) atoms. The number of aromatic nitrogens is 1. The van der Waals surface area contributed by atoms with Crippen LogP contribution in [-0.2, 0) is 0 Å². The molecule has 78 valence electrons.